The van der Waals surface area contributed by atoms with Gasteiger partial charge in [0, 0.05) is 12.1 Å². The lowest BCUT2D eigenvalue weighted by molar-refractivity contribution is 0.454. The standard InChI is InChI=1S/C16H15BrClFN2/c17-9-4-11-12(5-10(9)19)21(13(6-18)20-11)16-14-7-1-2-8(3-7)15(14)16/h4-5,7-8,14-16H,1-3,6H2. The van der Waals surface area contributed by atoms with Crippen molar-refractivity contribution in [3.05, 3.63) is 28.2 Å². The second-order valence-corrected chi connectivity index (χ2v) is 7.89. The summed E-state index contributed by atoms with van der Waals surface area (Å²) in [6.45, 7) is 0. The predicted molar refractivity (Wildman–Crippen MR) is 83.8 cm³/mol. The summed E-state index contributed by atoms with van der Waals surface area (Å²) in [6.07, 6.45) is 4.17. The fraction of sp³-hybridized carbons (Fsp3) is 0.562. The van der Waals surface area contributed by atoms with Crippen LogP contribution in [-0.2, 0) is 5.88 Å². The van der Waals surface area contributed by atoms with E-state index in [0.717, 1.165) is 40.5 Å². The van der Waals surface area contributed by atoms with Crippen LogP contribution in [0.5, 0.6) is 0 Å². The summed E-state index contributed by atoms with van der Waals surface area (Å²) >= 11 is 9.36. The third kappa shape index (κ3) is 1.61. The van der Waals surface area contributed by atoms with Crippen molar-refractivity contribution in [1.29, 1.82) is 0 Å². The van der Waals surface area contributed by atoms with E-state index < -0.39 is 0 Å². The van der Waals surface area contributed by atoms with E-state index in [9.17, 15) is 4.39 Å². The Kier molecular flexibility index (Phi) is 2.59. The quantitative estimate of drug-likeness (QED) is 0.689. The molecular weight excluding hydrogens is 355 g/mol. The molecule has 3 fully saturated rings. The maximum absolute atomic E-state index is 14.0. The first-order valence-corrected chi connectivity index (χ1v) is 8.93. The van der Waals surface area contributed by atoms with E-state index in [4.69, 9.17) is 11.6 Å². The number of fused-ring (bicyclic) bond motifs is 6. The second kappa shape index (κ2) is 4.23. The van der Waals surface area contributed by atoms with Gasteiger partial charge in [-0.1, -0.05) is 0 Å². The summed E-state index contributed by atoms with van der Waals surface area (Å²) in [4.78, 5) is 4.63. The highest BCUT2D eigenvalue weighted by Gasteiger charge is 2.66. The lowest BCUT2D eigenvalue weighted by Crippen LogP contribution is -2.08. The predicted octanol–water partition coefficient (Wildman–Crippen LogP) is 4.89. The van der Waals surface area contributed by atoms with Crippen LogP contribution < -0.4 is 0 Å². The Hall–Kier alpha value is -0.610. The number of rotatable bonds is 2. The van der Waals surface area contributed by atoms with Gasteiger partial charge in [-0.05, 0) is 64.9 Å². The van der Waals surface area contributed by atoms with Gasteiger partial charge in [-0.2, -0.15) is 0 Å². The van der Waals surface area contributed by atoms with Crippen molar-refractivity contribution in [2.45, 2.75) is 31.2 Å². The molecule has 4 unspecified atom stereocenters. The number of imidazole rings is 1. The third-order valence-corrected chi connectivity index (χ3v) is 6.76. The molecule has 0 aliphatic heterocycles. The molecule has 0 saturated heterocycles. The van der Waals surface area contributed by atoms with E-state index in [0.29, 0.717) is 16.4 Å². The van der Waals surface area contributed by atoms with E-state index >= 15 is 0 Å². The summed E-state index contributed by atoms with van der Waals surface area (Å²) in [5, 5.41) is 0. The van der Waals surface area contributed by atoms with Crippen LogP contribution in [0, 0.1) is 29.5 Å². The molecule has 3 aliphatic carbocycles. The van der Waals surface area contributed by atoms with Gasteiger partial charge in [-0.15, -0.1) is 11.6 Å². The molecule has 2 bridgehead atoms. The van der Waals surface area contributed by atoms with Crippen molar-refractivity contribution in [3.8, 4) is 0 Å². The highest BCUT2D eigenvalue weighted by atomic mass is 79.9. The minimum atomic E-state index is -0.224. The van der Waals surface area contributed by atoms with E-state index in [2.05, 4.69) is 25.5 Å². The number of hydrogen-bond acceptors (Lipinski definition) is 1. The van der Waals surface area contributed by atoms with Crippen LogP contribution >= 0.6 is 27.5 Å². The minimum Gasteiger partial charge on any atom is -0.323 e. The molecular formula is C16H15BrClFN2. The smallest absolute Gasteiger partial charge is 0.139 e. The highest BCUT2D eigenvalue weighted by Crippen LogP contribution is 2.72. The lowest BCUT2D eigenvalue weighted by atomic mass is 10.0. The van der Waals surface area contributed by atoms with Crippen LogP contribution in [0.1, 0.15) is 31.1 Å². The molecule has 2 aromatic rings. The first-order valence-electron chi connectivity index (χ1n) is 7.61. The van der Waals surface area contributed by atoms with E-state index in [1.54, 1.807) is 12.1 Å². The van der Waals surface area contributed by atoms with Gasteiger partial charge < -0.3 is 4.57 Å². The first kappa shape index (κ1) is 12.9. The monoisotopic (exact) mass is 368 g/mol. The van der Waals surface area contributed by atoms with Crippen molar-refractivity contribution in [1.82, 2.24) is 9.55 Å². The van der Waals surface area contributed by atoms with Crippen LogP contribution in [-0.4, -0.2) is 9.55 Å². The SMILES string of the molecule is Fc1cc2c(cc1Br)nc(CCl)n2C1C2C3CCC(C3)C21. The molecule has 5 heteroatoms. The van der Waals surface area contributed by atoms with Crippen LogP contribution in [0.25, 0.3) is 11.0 Å². The zero-order chi connectivity index (χ0) is 14.3. The normalized spacial score (nSPS) is 36.4. The Bertz CT molecular complexity index is 742. The Morgan fingerprint density at radius 2 is 2.00 bits per heavy atom. The molecule has 110 valence electrons. The summed E-state index contributed by atoms with van der Waals surface area (Å²) in [6, 6.07) is 3.89. The average molecular weight is 370 g/mol. The molecule has 0 radical (unpaired) electrons. The molecule has 4 atom stereocenters. The van der Waals surface area contributed by atoms with Gasteiger partial charge in [0.15, 0.2) is 0 Å². The van der Waals surface area contributed by atoms with E-state index in [1.807, 2.05) is 0 Å². The molecule has 5 rings (SSSR count). The second-order valence-electron chi connectivity index (χ2n) is 6.77. The molecule has 1 heterocycles. The molecule has 0 spiro atoms. The summed E-state index contributed by atoms with van der Waals surface area (Å²) in [7, 11) is 0. The summed E-state index contributed by atoms with van der Waals surface area (Å²) in [5.41, 5.74) is 1.75. The Morgan fingerprint density at radius 3 is 2.67 bits per heavy atom. The van der Waals surface area contributed by atoms with Crippen LogP contribution in [0.2, 0.25) is 0 Å². The molecule has 2 nitrogen and oxygen atoms in total. The van der Waals surface area contributed by atoms with Crippen LogP contribution in [0.15, 0.2) is 16.6 Å². The first-order chi connectivity index (χ1) is 10.2. The van der Waals surface area contributed by atoms with Crippen molar-refractivity contribution < 1.29 is 4.39 Å². The fourth-order valence-corrected chi connectivity index (χ4v) is 5.71. The summed E-state index contributed by atoms with van der Waals surface area (Å²) in [5.74, 6) is 4.39. The number of halogens is 3. The largest absolute Gasteiger partial charge is 0.323 e. The van der Waals surface area contributed by atoms with Crippen LogP contribution in [0.3, 0.4) is 0 Å². The molecule has 1 aromatic carbocycles. The summed E-state index contributed by atoms with van der Waals surface area (Å²) < 4.78 is 16.7. The topological polar surface area (TPSA) is 17.8 Å². The highest BCUT2D eigenvalue weighted by molar-refractivity contribution is 9.10. The number of hydrogen-bond donors (Lipinski definition) is 0. The molecule has 0 amide bonds. The van der Waals surface area contributed by atoms with Crippen molar-refractivity contribution in [3.63, 3.8) is 0 Å². The van der Waals surface area contributed by atoms with Crippen molar-refractivity contribution >= 4 is 38.6 Å². The van der Waals surface area contributed by atoms with Gasteiger partial charge in [-0.25, -0.2) is 9.37 Å². The van der Waals surface area contributed by atoms with E-state index in [1.165, 1.54) is 19.3 Å². The van der Waals surface area contributed by atoms with Gasteiger partial charge in [0.1, 0.15) is 11.6 Å². The molecule has 21 heavy (non-hydrogen) atoms. The van der Waals surface area contributed by atoms with Gasteiger partial charge >= 0.3 is 0 Å². The number of nitrogens with zero attached hydrogens (tertiary/aromatic N) is 2. The maximum Gasteiger partial charge on any atom is 0.139 e. The van der Waals surface area contributed by atoms with Gasteiger partial charge in [0.25, 0.3) is 0 Å². The zero-order valence-corrected chi connectivity index (χ0v) is 13.7. The Labute approximate surface area is 135 Å². The third-order valence-electron chi connectivity index (χ3n) is 5.92. The molecule has 3 saturated carbocycles. The van der Waals surface area contributed by atoms with Crippen molar-refractivity contribution in [2.75, 3.05) is 0 Å². The van der Waals surface area contributed by atoms with Crippen molar-refractivity contribution in [2.24, 2.45) is 23.7 Å². The van der Waals surface area contributed by atoms with Gasteiger partial charge in [0.2, 0.25) is 0 Å². The fourth-order valence-electron chi connectivity index (χ4n) is 5.19. The number of benzene rings is 1. The van der Waals surface area contributed by atoms with Crippen LogP contribution in [0.4, 0.5) is 4.39 Å². The average Bonchev–Trinajstić information content (AvgIpc) is 2.82. The minimum absolute atomic E-state index is 0.224. The maximum atomic E-state index is 14.0. The number of aromatic nitrogens is 2. The Morgan fingerprint density at radius 1 is 1.29 bits per heavy atom. The van der Waals surface area contributed by atoms with Gasteiger partial charge in [-0.3, -0.25) is 0 Å². The molecule has 1 aromatic heterocycles. The molecule has 0 N–H and O–H groups in total. The molecule has 3 aliphatic rings. The number of alkyl halides is 1. The van der Waals surface area contributed by atoms with E-state index in [-0.39, 0.29) is 5.82 Å². The lowest BCUT2D eigenvalue weighted by Gasteiger charge is -2.13. The van der Waals surface area contributed by atoms with Gasteiger partial charge in [0.05, 0.1) is 21.4 Å². The zero-order valence-electron chi connectivity index (χ0n) is 11.4. The Balaban J connectivity index is 1.67.